The van der Waals surface area contributed by atoms with E-state index in [-0.39, 0.29) is 5.75 Å². The summed E-state index contributed by atoms with van der Waals surface area (Å²) in [5.41, 5.74) is 0. The number of amides is 5. The summed E-state index contributed by atoms with van der Waals surface area (Å²) in [6.07, 6.45) is 0. The zero-order valence-electron chi connectivity index (χ0n) is 17.5. The Bertz CT molecular complexity index is 754. The minimum absolute atomic E-state index is 0.137. The number of rotatable bonds is 12. The molecule has 172 valence electrons. The van der Waals surface area contributed by atoms with Crippen LogP contribution in [-0.4, -0.2) is 77.1 Å². The monoisotopic (exact) mass is 458 g/mol. The van der Waals surface area contributed by atoms with Crippen molar-refractivity contribution in [3.8, 4) is 5.40 Å². The van der Waals surface area contributed by atoms with Crippen LogP contribution in [0.5, 0.6) is 0 Å². The molecule has 0 unspecified atom stereocenters. The molecule has 0 rings (SSSR count). The molecule has 0 aliphatic rings. The summed E-state index contributed by atoms with van der Waals surface area (Å²) in [7, 11) is 0. The van der Waals surface area contributed by atoms with E-state index in [0.717, 1.165) is 0 Å². The van der Waals surface area contributed by atoms with Gasteiger partial charge in [0, 0.05) is 12.7 Å². The van der Waals surface area contributed by atoms with Gasteiger partial charge in [-0.25, -0.2) is 0 Å². The highest BCUT2D eigenvalue weighted by Gasteiger charge is 2.25. The van der Waals surface area contributed by atoms with E-state index in [1.54, 1.807) is 5.40 Å². The van der Waals surface area contributed by atoms with Crippen molar-refractivity contribution in [2.45, 2.75) is 51.9 Å². The first-order chi connectivity index (χ1) is 14.4. The highest BCUT2D eigenvalue weighted by Crippen LogP contribution is 2.01. The summed E-state index contributed by atoms with van der Waals surface area (Å²) in [6.45, 7) is 4.75. The summed E-state index contributed by atoms with van der Waals surface area (Å²) < 4.78 is 0. The lowest BCUT2D eigenvalue weighted by Crippen LogP contribution is -2.55. The first-order valence-electron chi connectivity index (χ1n) is 9.07. The van der Waals surface area contributed by atoms with Gasteiger partial charge >= 0.3 is 5.97 Å². The third-order valence-corrected chi connectivity index (χ3v) is 4.31. The predicted molar refractivity (Wildman–Crippen MR) is 109 cm³/mol. The molecule has 31 heavy (non-hydrogen) atoms. The lowest BCUT2D eigenvalue weighted by Gasteiger charge is -2.20. The van der Waals surface area contributed by atoms with Crippen molar-refractivity contribution in [2.75, 3.05) is 12.3 Å². The van der Waals surface area contributed by atoms with Crippen LogP contribution in [0.3, 0.4) is 0 Å². The Morgan fingerprint density at radius 3 is 1.94 bits per heavy atom. The summed E-state index contributed by atoms with van der Waals surface area (Å²) in [4.78, 5) is 70.0. The maximum atomic E-state index is 12.1. The van der Waals surface area contributed by atoms with Crippen molar-refractivity contribution in [3.63, 3.8) is 0 Å². The number of hydrogen-bond acceptors (Lipinski definition) is 8. The normalized spacial score (nSPS) is 13.9. The summed E-state index contributed by atoms with van der Waals surface area (Å²) in [6, 6.07) is -4.28. The van der Waals surface area contributed by atoms with Crippen molar-refractivity contribution in [1.82, 2.24) is 26.6 Å². The standard InChI is InChI=1S/C17H26N6O7S/c1-8(21-15(27)9(2)20-11(4)24)14(26)19-5-13(25)23-12(6-31-7-18)16(28)22-10(3)17(29)30/h8-10,12H,5-6H2,1-4H3,(H,19,26)(H,20,24)(H,21,27)(H,22,28)(H,23,25)(H,29,30)/t8-,9-,10-,12-/m0/s1. The molecule has 0 aromatic carbocycles. The van der Waals surface area contributed by atoms with Gasteiger partial charge in [0.15, 0.2) is 0 Å². The Kier molecular flexibility index (Phi) is 12.3. The Balaban J connectivity index is 4.71. The van der Waals surface area contributed by atoms with Crippen molar-refractivity contribution in [2.24, 2.45) is 0 Å². The second-order valence-corrected chi connectivity index (χ2v) is 7.27. The maximum Gasteiger partial charge on any atom is 0.325 e. The fourth-order valence-corrected chi connectivity index (χ4v) is 2.50. The summed E-state index contributed by atoms with van der Waals surface area (Å²) >= 11 is 0.683. The molecular formula is C17H26N6O7S. The highest BCUT2D eigenvalue weighted by molar-refractivity contribution is 8.03. The number of aliphatic carboxylic acids is 1. The summed E-state index contributed by atoms with van der Waals surface area (Å²) in [5.74, 6) is -4.68. The zero-order valence-corrected chi connectivity index (χ0v) is 18.3. The maximum absolute atomic E-state index is 12.1. The number of nitriles is 1. The number of carbonyl (C=O) groups is 6. The zero-order chi connectivity index (χ0) is 24.1. The number of hydrogen-bond donors (Lipinski definition) is 6. The van der Waals surface area contributed by atoms with Gasteiger partial charge in [0.2, 0.25) is 29.5 Å². The van der Waals surface area contributed by atoms with Crippen LogP contribution >= 0.6 is 11.8 Å². The SMILES string of the molecule is CC(=O)N[C@@H](C)C(=O)N[C@@H](C)C(=O)NCC(=O)N[C@@H](CSC#N)C(=O)N[C@@H](C)C(=O)O. The molecule has 5 amide bonds. The Morgan fingerprint density at radius 2 is 1.42 bits per heavy atom. The lowest BCUT2D eigenvalue weighted by molar-refractivity contribution is -0.141. The average molecular weight is 458 g/mol. The summed E-state index contributed by atoms with van der Waals surface area (Å²) in [5, 5.41) is 30.7. The fourth-order valence-electron chi connectivity index (χ4n) is 2.02. The van der Waals surface area contributed by atoms with Crippen molar-refractivity contribution < 1.29 is 33.9 Å². The minimum Gasteiger partial charge on any atom is -0.480 e. The van der Waals surface area contributed by atoms with E-state index >= 15 is 0 Å². The fraction of sp³-hybridized carbons (Fsp3) is 0.588. The van der Waals surface area contributed by atoms with Crippen molar-refractivity contribution >= 4 is 47.3 Å². The van der Waals surface area contributed by atoms with E-state index in [4.69, 9.17) is 10.4 Å². The van der Waals surface area contributed by atoms with Crippen LogP contribution in [0.15, 0.2) is 0 Å². The molecule has 0 aromatic heterocycles. The second kappa shape index (κ2) is 13.8. The average Bonchev–Trinajstić information content (AvgIpc) is 2.68. The van der Waals surface area contributed by atoms with E-state index in [9.17, 15) is 28.8 Å². The second-order valence-electron chi connectivity index (χ2n) is 6.46. The van der Waals surface area contributed by atoms with Crippen LogP contribution in [0.25, 0.3) is 0 Å². The molecule has 0 saturated carbocycles. The molecule has 4 atom stereocenters. The van der Waals surface area contributed by atoms with Gasteiger partial charge in [-0.05, 0) is 32.5 Å². The molecule has 0 heterocycles. The number of thiocyanates is 1. The number of carboxylic acids is 1. The van der Waals surface area contributed by atoms with E-state index in [2.05, 4.69) is 26.6 Å². The number of carboxylic acid groups (broad SMARTS) is 1. The Labute approximate surface area is 183 Å². The van der Waals surface area contributed by atoms with E-state index in [0.29, 0.717) is 11.8 Å². The van der Waals surface area contributed by atoms with Gasteiger partial charge in [0.25, 0.3) is 0 Å². The van der Waals surface area contributed by atoms with Gasteiger partial charge in [0.1, 0.15) is 29.6 Å². The van der Waals surface area contributed by atoms with Crippen molar-refractivity contribution in [3.05, 3.63) is 0 Å². The molecule has 0 fully saturated rings. The van der Waals surface area contributed by atoms with Gasteiger partial charge in [-0.15, -0.1) is 0 Å². The van der Waals surface area contributed by atoms with Gasteiger partial charge in [-0.2, -0.15) is 5.26 Å². The first-order valence-corrected chi connectivity index (χ1v) is 10.1. The predicted octanol–water partition coefficient (Wildman–Crippen LogP) is -2.58. The molecule has 13 nitrogen and oxygen atoms in total. The molecular weight excluding hydrogens is 432 g/mol. The largest absolute Gasteiger partial charge is 0.480 e. The topological polar surface area (TPSA) is 207 Å². The van der Waals surface area contributed by atoms with Crippen molar-refractivity contribution in [1.29, 1.82) is 5.26 Å². The van der Waals surface area contributed by atoms with Gasteiger partial charge in [0.05, 0.1) is 6.54 Å². The molecule has 6 N–H and O–H groups in total. The third kappa shape index (κ3) is 11.4. The number of thioether (sulfide) groups is 1. The quantitative estimate of drug-likeness (QED) is 0.170. The molecule has 0 spiro atoms. The Morgan fingerprint density at radius 1 is 0.871 bits per heavy atom. The van der Waals surface area contributed by atoms with E-state index < -0.39 is 66.2 Å². The Hall–Kier alpha value is -3.34. The smallest absolute Gasteiger partial charge is 0.325 e. The molecule has 0 bridgehead atoms. The van der Waals surface area contributed by atoms with Crippen LogP contribution in [0, 0.1) is 10.7 Å². The number of nitrogens with one attached hydrogen (secondary N) is 5. The van der Waals surface area contributed by atoms with E-state index in [1.165, 1.54) is 27.7 Å². The van der Waals surface area contributed by atoms with Crippen LogP contribution in [-0.2, 0) is 28.8 Å². The van der Waals surface area contributed by atoms with E-state index in [1.807, 2.05) is 0 Å². The molecule has 0 saturated heterocycles. The molecule has 0 aromatic rings. The van der Waals surface area contributed by atoms with Gasteiger partial charge in [-0.1, -0.05) is 0 Å². The number of nitrogens with zero attached hydrogens (tertiary/aromatic N) is 1. The lowest BCUT2D eigenvalue weighted by atomic mass is 10.2. The number of carbonyl (C=O) groups excluding carboxylic acids is 5. The van der Waals surface area contributed by atoms with Crippen LogP contribution in [0.4, 0.5) is 0 Å². The molecule has 0 aliphatic carbocycles. The van der Waals surface area contributed by atoms with Gasteiger partial charge < -0.3 is 31.7 Å². The molecule has 0 radical (unpaired) electrons. The van der Waals surface area contributed by atoms with Crippen LogP contribution in [0.1, 0.15) is 27.7 Å². The minimum atomic E-state index is -1.28. The molecule has 0 aliphatic heterocycles. The van der Waals surface area contributed by atoms with Gasteiger partial charge in [-0.3, -0.25) is 28.8 Å². The third-order valence-electron chi connectivity index (χ3n) is 3.68. The van der Waals surface area contributed by atoms with Crippen LogP contribution < -0.4 is 26.6 Å². The highest BCUT2D eigenvalue weighted by atomic mass is 32.2. The van der Waals surface area contributed by atoms with Crippen LogP contribution in [0.2, 0.25) is 0 Å². The molecule has 14 heteroatoms. The first kappa shape index (κ1) is 27.7.